The molecule has 2 N–H and O–H groups in total. The summed E-state index contributed by atoms with van der Waals surface area (Å²) in [5, 5.41) is 0. The Morgan fingerprint density at radius 1 is 1.05 bits per heavy atom. The van der Waals surface area contributed by atoms with E-state index < -0.39 is 0 Å². The number of nitrogens with two attached hydrogens (primary N) is 1. The second kappa shape index (κ2) is 8.21. The largest absolute Gasteiger partial charge is 0.491 e. The van der Waals surface area contributed by atoms with Gasteiger partial charge in [-0.05, 0) is 18.6 Å². The number of methoxy groups -OCH3 is 1. The van der Waals surface area contributed by atoms with Crippen LogP contribution in [-0.4, -0.2) is 51.8 Å². The summed E-state index contributed by atoms with van der Waals surface area (Å²) in [4.78, 5) is 0. The molecule has 5 nitrogen and oxygen atoms in total. The van der Waals surface area contributed by atoms with Crippen molar-refractivity contribution in [3.63, 3.8) is 0 Å². The molecule has 0 aromatic heterocycles. The minimum absolute atomic E-state index is 0.0260. The van der Waals surface area contributed by atoms with Gasteiger partial charge in [0.25, 0.3) is 0 Å². The Labute approximate surface area is 120 Å². The lowest BCUT2D eigenvalue weighted by atomic mass is 9.86. The van der Waals surface area contributed by atoms with Crippen molar-refractivity contribution in [3.05, 3.63) is 30.3 Å². The lowest BCUT2D eigenvalue weighted by Gasteiger charge is -2.41. The first-order valence-corrected chi connectivity index (χ1v) is 6.97. The molecule has 1 aliphatic rings. The summed E-state index contributed by atoms with van der Waals surface area (Å²) in [5.74, 6) is 0.856. The molecular weight excluding hydrogens is 258 g/mol. The molecule has 1 aromatic rings. The van der Waals surface area contributed by atoms with Crippen molar-refractivity contribution in [1.29, 1.82) is 0 Å². The molecule has 5 heteroatoms. The third kappa shape index (κ3) is 4.45. The van der Waals surface area contributed by atoms with Gasteiger partial charge in [0.15, 0.2) is 0 Å². The Hall–Kier alpha value is -1.14. The normalized spacial score (nSPS) is 25.2. The maximum Gasteiger partial charge on any atom is 0.119 e. The molecule has 1 saturated carbocycles. The average Bonchev–Trinajstić information content (AvgIpc) is 2.48. The van der Waals surface area contributed by atoms with Crippen LogP contribution in [0.5, 0.6) is 5.75 Å². The predicted octanol–water partition coefficient (Wildman–Crippen LogP) is 1.21. The molecule has 1 fully saturated rings. The molecule has 1 aliphatic carbocycles. The molecule has 1 aromatic carbocycles. The Bertz CT molecular complexity index is 373. The van der Waals surface area contributed by atoms with Gasteiger partial charge in [-0.15, -0.1) is 0 Å². The first-order valence-electron chi connectivity index (χ1n) is 6.97. The molecule has 0 heterocycles. The van der Waals surface area contributed by atoms with Crippen LogP contribution in [0.3, 0.4) is 0 Å². The van der Waals surface area contributed by atoms with Gasteiger partial charge >= 0.3 is 0 Å². The zero-order valence-electron chi connectivity index (χ0n) is 11.9. The summed E-state index contributed by atoms with van der Waals surface area (Å²) in [6.07, 6.45) is 0.881. The summed E-state index contributed by atoms with van der Waals surface area (Å²) in [6.45, 7) is 2.19. The Kier molecular flexibility index (Phi) is 6.26. The lowest BCUT2D eigenvalue weighted by Crippen LogP contribution is -2.58. The third-order valence-electron chi connectivity index (χ3n) is 3.32. The van der Waals surface area contributed by atoms with E-state index in [-0.39, 0.29) is 18.2 Å². The number of ether oxygens (including phenoxy) is 4. The molecule has 0 radical (unpaired) electrons. The number of benzene rings is 1. The molecule has 0 spiro atoms. The first-order chi connectivity index (χ1) is 9.81. The molecule has 0 amide bonds. The van der Waals surface area contributed by atoms with Crippen LogP contribution in [0, 0.1) is 0 Å². The third-order valence-corrected chi connectivity index (χ3v) is 3.32. The topological polar surface area (TPSA) is 62.9 Å². The highest BCUT2D eigenvalue weighted by molar-refractivity contribution is 5.20. The van der Waals surface area contributed by atoms with E-state index >= 15 is 0 Å². The fourth-order valence-corrected chi connectivity index (χ4v) is 2.15. The Balaban J connectivity index is 1.59. The highest BCUT2D eigenvalue weighted by Crippen LogP contribution is 2.25. The molecule has 112 valence electrons. The van der Waals surface area contributed by atoms with E-state index in [0.29, 0.717) is 26.4 Å². The number of hydrogen-bond donors (Lipinski definition) is 1. The van der Waals surface area contributed by atoms with E-state index in [0.717, 1.165) is 12.2 Å². The highest BCUT2D eigenvalue weighted by atomic mass is 16.6. The summed E-state index contributed by atoms with van der Waals surface area (Å²) in [6, 6.07) is 9.76. The van der Waals surface area contributed by atoms with Gasteiger partial charge in [-0.1, -0.05) is 18.2 Å². The molecule has 3 unspecified atom stereocenters. The van der Waals surface area contributed by atoms with Crippen molar-refractivity contribution in [2.24, 2.45) is 5.73 Å². The van der Waals surface area contributed by atoms with E-state index in [4.69, 9.17) is 24.7 Å². The van der Waals surface area contributed by atoms with E-state index in [1.807, 2.05) is 30.3 Å². The van der Waals surface area contributed by atoms with Crippen LogP contribution in [0.1, 0.15) is 6.42 Å². The standard InChI is InChI=1S/C15H23NO4/c1-17-7-8-20-15-13(16)11-14(15)19-10-9-18-12-5-3-2-4-6-12/h2-6,13-15H,7-11,16H2,1H3. The van der Waals surface area contributed by atoms with Crippen LogP contribution in [-0.2, 0) is 14.2 Å². The van der Waals surface area contributed by atoms with Gasteiger partial charge in [0, 0.05) is 13.2 Å². The molecule has 2 rings (SSSR count). The average molecular weight is 281 g/mol. The lowest BCUT2D eigenvalue weighted by molar-refractivity contribution is -0.147. The van der Waals surface area contributed by atoms with E-state index in [9.17, 15) is 0 Å². The maximum absolute atomic E-state index is 5.91. The Morgan fingerprint density at radius 3 is 2.50 bits per heavy atom. The van der Waals surface area contributed by atoms with Gasteiger partial charge in [-0.2, -0.15) is 0 Å². The fourth-order valence-electron chi connectivity index (χ4n) is 2.15. The molecule has 0 saturated heterocycles. The quantitative estimate of drug-likeness (QED) is 0.689. The Morgan fingerprint density at radius 2 is 1.80 bits per heavy atom. The van der Waals surface area contributed by atoms with Crippen LogP contribution in [0.4, 0.5) is 0 Å². The highest BCUT2D eigenvalue weighted by Gasteiger charge is 2.40. The van der Waals surface area contributed by atoms with Crippen molar-refractivity contribution in [3.8, 4) is 5.75 Å². The molecule has 0 bridgehead atoms. The maximum atomic E-state index is 5.91. The summed E-state index contributed by atoms with van der Waals surface area (Å²) in [7, 11) is 1.65. The second-order valence-corrected chi connectivity index (χ2v) is 4.80. The van der Waals surface area contributed by atoms with Crippen molar-refractivity contribution in [2.75, 3.05) is 33.5 Å². The molecule has 3 atom stereocenters. The smallest absolute Gasteiger partial charge is 0.119 e. The fraction of sp³-hybridized carbons (Fsp3) is 0.600. The van der Waals surface area contributed by atoms with E-state index in [1.165, 1.54) is 0 Å². The van der Waals surface area contributed by atoms with Crippen molar-refractivity contribution in [2.45, 2.75) is 24.7 Å². The second-order valence-electron chi connectivity index (χ2n) is 4.80. The summed E-state index contributed by atoms with van der Waals surface area (Å²) in [5.41, 5.74) is 5.91. The van der Waals surface area contributed by atoms with Crippen molar-refractivity contribution < 1.29 is 18.9 Å². The predicted molar refractivity (Wildman–Crippen MR) is 75.9 cm³/mol. The number of rotatable bonds is 9. The van der Waals surface area contributed by atoms with Crippen molar-refractivity contribution >= 4 is 0 Å². The van der Waals surface area contributed by atoms with Gasteiger partial charge in [0.1, 0.15) is 12.4 Å². The zero-order chi connectivity index (χ0) is 14.2. The van der Waals surface area contributed by atoms with Crippen LogP contribution in [0.15, 0.2) is 30.3 Å². The van der Waals surface area contributed by atoms with Crippen LogP contribution in [0.25, 0.3) is 0 Å². The zero-order valence-corrected chi connectivity index (χ0v) is 11.9. The van der Waals surface area contributed by atoms with Crippen LogP contribution < -0.4 is 10.5 Å². The van der Waals surface area contributed by atoms with E-state index in [1.54, 1.807) is 7.11 Å². The van der Waals surface area contributed by atoms with Gasteiger partial charge in [0.2, 0.25) is 0 Å². The van der Waals surface area contributed by atoms with E-state index in [2.05, 4.69) is 0 Å². The van der Waals surface area contributed by atoms with Gasteiger partial charge in [-0.25, -0.2) is 0 Å². The minimum atomic E-state index is -0.0260. The van der Waals surface area contributed by atoms with Crippen LogP contribution >= 0.6 is 0 Å². The molecule has 20 heavy (non-hydrogen) atoms. The number of hydrogen-bond acceptors (Lipinski definition) is 5. The summed E-state index contributed by atoms with van der Waals surface area (Å²) >= 11 is 0. The molecule has 0 aliphatic heterocycles. The summed E-state index contributed by atoms with van der Waals surface area (Å²) < 4.78 is 21.9. The van der Waals surface area contributed by atoms with Gasteiger partial charge < -0.3 is 24.7 Å². The minimum Gasteiger partial charge on any atom is -0.491 e. The van der Waals surface area contributed by atoms with Crippen LogP contribution in [0.2, 0.25) is 0 Å². The van der Waals surface area contributed by atoms with Crippen molar-refractivity contribution in [1.82, 2.24) is 0 Å². The monoisotopic (exact) mass is 281 g/mol. The van der Waals surface area contributed by atoms with Gasteiger partial charge in [-0.3, -0.25) is 0 Å². The number of para-hydroxylation sites is 1. The SMILES string of the molecule is COCCOC1C(N)CC1OCCOc1ccccc1. The first kappa shape index (κ1) is 15.3. The van der Waals surface area contributed by atoms with Gasteiger partial charge in [0.05, 0.1) is 32.0 Å². The molecular formula is C15H23NO4.